The number of aliphatic hydroxyl groups is 1. The number of nitrogen functional groups attached to an aromatic ring is 1. The Hall–Kier alpha value is -1.22. The average molecular weight is 317 g/mol. The number of rotatable bonds is 4. The van der Waals surface area contributed by atoms with Gasteiger partial charge in [-0.1, -0.05) is 0 Å². The van der Waals surface area contributed by atoms with Gasteiger partial charge in [-0.15, -0.1) is 0 Å². The van der Waals surface area contributed by atoms with Gasteiger partial charge in [0.2, 0.25) is 10.0 Å². The van der Waals surface area contributed by atoms with E-state index in [-0.39, 0.29) is 17.2 Å². The van der Waals surface area contributed by atoms with Crippen LogP contribution in [0.25, 0.3) is 0 Å². The van der Waals surface area contributed by atoms with E-state index in [1.165, 1.54) is 10.4 Å². The molecule has 1 heterocycles. The topological polar surface area (TPSA) is 86.9 Å². The van der Waals surface area contributed by atoms with E-state index in [9.17, 15) is 12.8 Å². The maximum absolute atomic E-state index is 13.4. The van der Waals surface area contributed by atoms with E-state index in [0.717, 1.165) is 18.7 Å². The summed E-state index contributed by atoms with van der Waals surface area (Å²) in [6, 6.07) is 3.35. The highest BCUT2D eigenvalue weighted by Crippen LogP contribution is 2.21. The maximum atomic E-state index is 13.4. The highest BCUT2D eigenvalue weighted by atomic mass is 32.2. The molecule has 2 rings (SSSR count). The molecule has 6 nitrogen and oxygen atoms in total. The molecule has 1 aliphatic rings. The number of aliphatic hydroxyl groups excluding tert-OH is 1. The minimum absolute atomic E-state index is 0.0488. The number of nitrogens with zero attached hydrogens (tertiary/aromatic N) is 2. The van der Waals surface area contributed by atoms with Gasteiger partial charge in [-0.2, -0.15) is 4.31 Å². The molecule has 0 atom stereocenters. The first-order chi connectivity index (χ1) is 9.93. The minimum Gasteiger partial charge on any atom is -0.399 e. The van der Waals surface area contributed by atoms with Crippen molar-refractivity contribution >= 4 is 15.7 Å². The summed E-state index contributed by atoms with van der Waals surface area (Å²) < 4.78 is 39.8. The Morgan fingerprint density at radius 1 is 1.19 bits per heavy atom. The fourth-order valence-corrected chi connectivity index (χ4v) is 3.97. The van der Waals surface area contributed by atoms with E-state index < -0.39 is 15.8 Å². The zero-order chi connectivity index (χ0) is 15.5. The van der Waals surface area contributed by atoms with Gasteiger partial charge in [-0.25, -0.2) is 12.8 Å². The monoisotopic (exact) mass is 317 g/mol. The summed E-state index contributed by atoms with van der Waals surface area (Å²) in [5, 5.41) is 8.95. The highest BCUT2D eigenvalue weighted by molar-refractivity contribution is 7.89. The molecule has 1 aromatic carbocycles. The van der Waals surface area contributed by atoms with Gasteiger partial charge < -0.3 is 10.8 Å². The lowest BCUT2D eigenvalue weighted by Gasteiger charge is -2.21. The summed E-state index contributed by atoms with van der Waals surface area (Å²) in [5.74, 6) is -0.662. The molecule has 0 bridgehead atoms. The van der Waals surface area contributed by atoms with Crippen molar-refractivity contribution in [2.45, 2.75) is 11.3 Å². The molecule has 118 valence electrons. The van der Waals surface area contributed by atoms with Crippen molar-refractivity contribution in [3.8, 4) is 0 Å². The predicted octanol–water partition coefficient (Wildman–Crippen LogP) is 0.0966. The van der Waals surface area contributed by atoms with E-state index in [0.29, 0.717) is 32.6 Å². The van der Waals surface area contributed by atoms with Gasteiger partial charge in [0.25, 0.3) is 0 Å². The van der Waals surface area contributed by atoms with Gasteiger partial charge in [0, 0.05) is 31.9 Å². The number of benzene rings is 1. The van der Waals surface area contributed by atoms with Crippen LogP contribution in [0, 0.1) is 5.82 Å². The first kappa shape index (κ1) is 16.2. The van der Waals surface area contributed by atoms with E-state index in [1.807, 2.05) is 4.90 Å². The molecule has 0 spiro atoms. The Morgan fingerprint density at radius 3 is 2.62 bits per heavy atom. The molecule has 1 saturated heterocycles. The molecule has 0 aromatic heterocycles. The Labute approximate surface area is 124 Å². The molecule has 3 N–H and O–H groups in total. The summed E-state index contributed by atoms with van der Waals surface area (Å²) in [6.45, 7) is 2.55. The molecule has 0 aliphatic carbocycles. The molecule has 1 fully saturated rings. The van der Waals surface area contributed by atoms with Crippen LogP contribution in [0.4, 0.5) is 10.1 Å². The molecule has 0 amide bonds. The lowest BCUT2D eigenvalue weighted by atomic mass is 10.3. The minimum atomic E-state index is -3.74. The van der Waals surface area contributed by atoms with Crippen LogP contribution in [0.3, 0.4) is 0 Å². The zero-order valence-electron chi connectivity index (χ0n) is 11.7. The fourth-order valence-electron chi connectivity index (χ4n) is 2.44. The number of halogens is 1. The van der Waals surface area contributed by atoms with Gasteiger partial charge in [-0.05, 0) is 31.2 Å². The Kier molecular flexibility index (Phi) is 5.15. The molecule has 0 radical (unpaired) electrons. The molecule has 21 heavy (non-hydrogen) atoms. The number of nitrogens with two attached hydrogens (primary N) is 1. The summed E-state index contributed by atoms with van der Waals surface area (Å²) in [7, 11) is -3.74. The standard InChI is InChI=1S/C13H20FN3O3S/c14-11-8-12(15)10-13(9-11)21(19,20)17-3-1-2-16(4-5-17)6-7-18/h8-10,18H,1-7,15H2. The fraction of sp³-hybridized carbons (Fsp3) is 0.538. The van der Waals surface area contributed by atoms with Crippen molar-refractivity contribution < 1.29 is 17.9 Å². The van der Waals surface area contributed by atoms with E-state index >= 15 is 0 Å². The van der Waals surface area contributed by atoms with Gasteiger partial charge >= 0.3 is 0 Å². The number of hydrogen-bond donors (Lipinski definition) is 2. The molecular weight excluding hydrogens is 297 g/mol. The molecule has 8 heteroatoms. The average Bonchev–Trinajstić information content (AvgIpc) is 2.64. The van der Waals surface area contributed by atoms with Crippen molar-refractivity contribution in [1.29, 1.82) is 0 Å². The number of β-amino-alcohol motifs (C(OH)–C–C–N with tert-alkyl or cyclic N) is 1. The van der Waals surface area contributed by atoms with Crippen LogP contribution in [-0.4, -0.2) is 62.1 Å². The van der Waals surface area contributed by atoms with Crippen LogP contribution < -0.4 is 5.73 Å². The summed E-state index contributed by atoms with van der Waals surface area (Å²) in [5.41, 5.74) is 5.61. The summed E-state index contributed by atoms with van der Waals surface area (Å²) >= 11 is 0. The van der Waals surface area contributed by atoms with Crippen LogP contribution in [0.15, 0.2) is 23.1 Å². The summed E-state index contributed by atoms with van der Waals surface area (Å²) in [4.78, 5) is 1.89. The second kappa shape index (κ2) is 6.69. The number of sulfonamides is 1. The second-order valence-electron chi connectivity index (χ2n) is 5.04. The molecule has 0 saturated carbocycles. The predicted molar refractivity (Wildman–Crippen MR) is 77.7 cm³/mol. The normalized spacial score (nSPS) is 18.6. The van der Waals surface area contributed by atoms with Crippen molar-refractivity contribution in [1.82, 2.24) is 9.21 Å². The van der Waals surface area contributed by atoms with Gasteiger partial charge in [-0.3, -0.25) is 4.90 Å². The van der Waals surface area contributed by atoms with E-state index in [4.69, 9.17) is 10.8 Å². The third kappa shape index (κ3) is 3.91. The molecular formula is C13H20FN3O3S. The highest BCUT2D eigenvalue weighted by Gasteiger charge is 2.27. The van der Waals surface area contributed by atoms with E-state index in [2.05, 4.69) is 0 Å². The van der Waals surface area contributed by atoms with Crippen molar-refractivity contribution in [3.63, 3.8) is 0 Å². The van der Waals surface area contributed by atoms with Gasteiger partial charge in [0.1, 0.15) is 5.82 Å². The van der Waals surface area contributed by atoms with Crippen molar-refractivity contribution in [3.05, 3.63) is 24.0 Å². The van der Waals surface area contributed by atoms with Crippen molar-refractivity contribution in [2.75, 3.05) is 45.1 Å². The third-order valence-electron chi connectivity index (χ3n) is 3.50. The lowest BCUT2D eigenvalue weighted by Crippen LogP contribution is -2.36. The summed E-state index contributed by atoms with van der Waals surface area (Å²) in [6.07, 6.45) is 0.671. The van der Waals surface area contributed by atoms with Gasteiger partial charge in [0.15, 0.2) is 0 Å². The quantitative estimate of drug-likeness (QED) is 0.769. The van der Waals surface area contributed by atoms with Crippen molar-refractivity contribution in [2.24, 2.45) is 0 Å². The van der Waals surface area contributed by atoms with Gasteiger partial charge in [0.05, 0.1) is 11.5 Å². The maximum Gasteiger partial charge on any atom is 0.243 e. The first-order valence-electron chi connectivity index (χ1n) is 6.83. The molecule has 1 aromatic rings. The molecule has 1 aliphatic heterocycles. The molecule has 0 unspecified atom stereocenters. The number of hydrogen-bond acceptors (Lipinski definition) is 5. The van der Waals surface area contributed by atoms with Crippen LogP contribution in [0.1, 0.15) is 6.42 Å². The largest absolute Gasteiger partial charge is 0.399 e. The second-order valence-corrected chi connectivity index (χ2v) is 6.98. The Balaban J connectivity index is 2.19. The smallest absolute Gasteiger partial charge is 0.243 e. The first-order valence-corrected chi connectivity index (χ1v) is 8.27. The Bertz CT molecular complexity index is 574. The van der Waals surface area contributed by atoms with Crippen LogP contribution in [-0.2, 0) is 10.0 Å². The van der Waals surface area contributed by atoms with Crippen LogP contribution in [0.2, 0.25) is 0 Å². The number of anilines is 1. The van der Waals surface area contributed by atoms with Crippen LogP contribution in [0.5, 0.6) is 0 Å². The third-order valence-corrected chi connectivity index (χ3v) is 5.37. The zero-order valence-corrected chi connectivity index (χ0v) is 12.5. The Morgan fingerprint density at radius 2 is 1.95 bits per heavy atom. The lowest BCUT2D eigenvalue weighted by molar-refractivity contribution is 0.202. The SMILES string of the molecule is Nc1cc(F)cc(S(=O)(=O)N2CCCN(CCO)CC2)c1. The van der Waals surface area contributed by atoms with Crippen LogP contribution >= 0.6 is 0 Å². The van der Waals surface area contributed by atoms with E-state index in [1.54, 1.807) is 0 Å².